The molecule has 0 aliphatic rings. The number of nitrogens with one attached hydrogen (secondary N) is 1. The maximum Gasteiger partial charge on any atom is 0.407 e. The molecule has 2 N–H and O–H groups in total. The Labute approximate surface area is 359 Å². The fourth-order valence-electron chi connectivity index (χ4n) is 6.92. The van der Waals surface area contributed by atoms with E-state index in [2.05, 4.69) is 38.0 Å². The van der Waals surface area contributed by atoms with Crippen LogP contribution in [0.3, 0.4) is 0 Å². The first-order chi connectivity index (χ1) is 27.4. The first kappa shape index (κ1) is 62.3. The third kappa shape index (κ3) is 66.7. The minimum Gasteiger partial charge on any atom is -0.447 e. The van der Waals surface area contributed by atoms with Gasteiger partial charge in [-0.25, -0.2) is 14.6 Å². The van der Waals surface area contributed by atoms with E-state index in [9.17, 15) is 9.59 Å². The number of alkyl carbamates (subject to hydrolysis) is 1. The summed E-state index contributed by atoms with van der Waals surface area (Å²) in [5.74, 6) is 0. The molecule has 0 aliphatic heterocycles. The van der Waals surface area contributed by atoms with Gasteiger partial charge in [0.05, 0.1) is 12.6 Å². The molecule has 0 aromatic carbocycles. The van der Waals surface area contributed by atoms with E-state index in [1.807, 2.05) is 13.8 Å². The van der Waals surface area contributed by atoms with E-state index in [1.165, 1.54) is 199 Å². The molecule has 1 amide bonds. The van der Waals surface area contributed by atoms with Gasteiger partial charge in [0.2, 0.25) is 6.08 Å². The van der Waals surface area contributed by atoms with E-state index in [0.29, 0.717) is 6.54 Å². The second-order valence-electron chi connectivity index (χ2n) is 16.9. The second kappa shape index (κ2) is 58.9. The Morgan fingerprint density at radius 1 is 0.491 bits per heavy atom. The number of hydrogen-bond acceptors (Lipinski definition) is 5. The van der Waals surface area contributed by atoms with Crippen molar-refractivity contribution < 1.29 is 19.4 Å². The molecule has 0 fully saturated rings. The first-order valence-corrected chi connectivity index (χ1v) is 25.0. The van der Waals surface area contributed by atoms with E-state index < -0.39 is 0 Å². The number of carbonyl (C=O) groups excluding carboxylic acids is 2. The van der Waals surface area contributed by atoms with Gasteiger partial charge in [0.25, 0.3) is 0 Å². The van der Waals surface area contributed by atoms with Crippen LogP contribution < -0.4 is 5.32 Å². The van der Waals surface area contributed by atoms with Crippen LogP contribution in [0.2, 0.25) is 0 Å². The van der Waals surface area contributed by atoms with Gasteiger partial charge in [0, 0.05) is 6.54 Å². The smallest absolute Gasteiger partial charge is 0.407 e. The van der Waals surface area contributed by atoms with Crippen LogP contribution in [0.25, 0.3) is 0 Å². The molecule has 0 aromatic rings. The molecule has 2 atom stereocenters. The number of amides is 1. The van der Waals surface area contributed by atoms with Gasteiger partial charge >= 0.3 is 6.09 Å². The number of ether oxygens (including phenoxy) is 1. The number of aliphatic hydroxyl groups excluding tert-OH is 1. The average Bonchev–Trinajstić information content (AvgIpc) is 3.19. The van der Waals surface area contributed by atoms with Gasteiger partial charge < -0.3 is 15.2 Å². The van der Waals surface area contributed by atoms with Crippen molar-refractivity contribution in [2.24, 2.45) is 4.99 Å². The number of carbonyl (C=O) groups is 1. The molecule has 0 aromatic heterocycles. The number of isocyanates is 1. The number of nitrogens with zero attached hydrogens (tertiary/aromatic N) is 1. The number of aliphatic imine (C=N–C) groups is 1. The summed E-state index contributed by atoms with van der Waals surface area (Å²) < 4.78 is 5.33. The van der Waals surface area contributed by atoms with E-state index in [1.54, 1.807) is 6.08 Å². The monoisotopic (exact) mass is 811 g/mol. The van der Waals surface area contributed by atoms with Gasteiger partial charge in [-0.3, -0.25) is 0 Å². The van der Waals surface area contributed by atoms with Gasteiger partial charge in [-0.1, -0.05) is 253 Å². The minimum atomic E-state index is -0.246. The highest BCUT2D eigenvalue weighted by Crippen LogP contribution is 2.15. The lowest BCUT2D eigenvalue weighted by Crippen LogP contribution is -2.28. The van der Waals surface area contributed by atoms with Crippen molar-refractivity contribution >= 4 is 12.2 Å². The normalized spacial score (nSPS) is 11.6. The molecule has 0 spiro atoms. The number of aliphatic hydroxyl groups is 1. The van der Waals surface area contributed by atoms with Crippen molar-refractivity contribution in [2.75, 3.05) is 13.1 Å². The van der Waals surface area contributed by atoms with Crippen LogP contribution in [0.1, 0.15) is 293 Å². The summed E-state index contributed by atoms with van der Waals surface area (Å²) in [4.78, 5) is 25.1. The molecular weight excluding hydrogens is 705 g/mol. The molecule has 0 bridgehead atoms. The fourth-order valence-corrected chi connectivity index (χ4v) is 6.92. The van der Waals surface area contributed by atoms with Crippen molar-refractivity contribution in [1.82, 2.24) is 5.32 Å². The summed E-state index contributed by atoms with van der Waals surface area (Å²) in [6, 6.07) is 0. The average molecular weight is 811 g/mol. The molecule has 6 heteroatoms. The number of hydrogen-bond donors (Lipinski definition) is 2. The summed E-state index contributed by atoms with van der Waals surface area (Å²) >= 11 is 0. The van der Waals surface area contributed by atoms with Crippen molar-refractivity contribution in [3.8, 4) is 0 Å². The lowest BCUT2D eigenvalue weighted by atomic mass is 10.0. The fraction of sp³-hybridized carbons (Fsp3) is 0.961. The summed E-state index contributed by atoms with van der Waals surface area (Å²) in [5, 5.41) is 11.6. The molecule has 0 radical (unpaired) electrons. The molecule has 2 unspecified atom stereocenters. The zero-order chi connectivity index (χ0) is 41.8. The van der Waals surface area contributed by atoms with Gasteiger partial charge in [-0.15, -0.1) is 0 Å². The van der Waals surface area contributed by atoms with E-state index in [-0.39, 0.29) is 25.7 Å². The molecule has 344 valence electrons. The quantitative estimate of drug-likeness (QED) is 0.0366. The topological polar surface area (TPSA) is 88.0 Å². The van der Waals surface area contributed by atoms with Crippen LogP contribution in [0.5, 0.6) is 0 Å². The van der Waals surface area contributed by atoms with Crippen LogP contribution in [0.4, 0.5) is 4.79 Å². The highest BCUT2D eigenvalue weighted by molar-refractivity contribution is 5.67. The zero-order valence-corrected chi connectivity index (χ0v) is 39.1. The highest BCUT2D eigenvalue weighted by atomic mass is 16.6. The Morgan fingerprint density at radius 3 is 1.09 bits per heavy atom. The Morgan fingerprint density at radius 2 is 0.789 bits per heavy atom. The largest absolute Gasteiger partial charge is 0.447 e. The highest BCUT2D eigenvalue weighted by Gasteiger charge is 2.07. The van der Waals surface area contributed by atoms with Crippen LogP contribution in [-0.4, -0.2) is 42.6 Å². The molecule has 6 nitrogen and oxygen atoms in total. The lowest BCUT2D eigenvalue weighted by molar-refractivity contribution is 0.101. The summed E-state index contributed by atoms with van der Waals surface area (Å²) in [5.41, 5.74) is 0. The molecule has 0 aliphatic carbocycles. The van der Waals surface area contributed by atoms with Crippen LogP contribution >= 0.6 is 0 Å². The van der Waals surface area contributed by atoms with Crippen LogP contribution in [0.15, 0.2) is 4.99 Å². The van der Waals surface area contributed by atoms with Crippen molar-refractivity contribution in [1.29, 1.82) is 0 Å². The maximum atomic E-state index is 11.6. The summed E-state index contributed by atoms with van der Waals surface area (Å²) in [6.45, 7) is 14.1. The van der Waals surface area contributed by atoms with Gasteiger partial charge in [0.1, 0.15) is 6.10 Å². The maximum absolute atomic E-state index is 11.6. The van der Waals surface area contributed by atoms with Crippen LogP contribution in [0, 0.1) is 0 Å². The Hall–Kier alpha value is -1.39. The Kier molecular flexibility index (Phi) is 64.4. The second-order valence-corrected chi connectivity index (χ2v) is 16.9. The Bertz CT molecular complexity index is 756. The minimum absolute atomic E-state index is 0. The van der Waals surface area contributed by atoms with Gasteiger partial charge in [-0.05, 0) is 39.5 Å². The molecule has 0 saturated heterocycles. The number of unbranched alkanes of at least 4 members (excludes halogenated alkanes) is 32. The SMILES string of the molecule is C.CCCCC(C)O.CCCCCCCCCCCCCCCCCCN=C=O.CCCCCCCCCCCCCCCCCCNC(=O)OC(C)CCCC. The lowest BCUT2D eigenvalue weighted by Gasteiger charge is -2.13. The van der Waals surface area contributed by atoms with Crippen molar-refractivity contribution in [2.45, 2.75) is 305 Å². The van der Waals surface area contributed by atoms with E-state index >= 15 is 0 Å². The third-order valence-electron chi connectivity index (χ3n) is 10.7. The predicted octanol–water partition coefficient (Wildman–Crippen LogP) is 17.3. The van der Waals surface area contributed by atoms with E-state index in [0.717, 1.165) is 51.5 Å². The van der Waals surface area contributed by atoms with Crippen molar-refractivity contribution in [3.05, 3.63) is 0 Å². The summed E-state index contributed by atoms with van der Waals surface area (Å²) in [6.07, 6.45) is 51.8. The van der Waals surface area contributed by atoms with E-state index in [4.69, 9.17) is 9.84 Å². The first-order valence-electron chi connectivity index (χ1n) is 25.0. The zero-order valence-electron chi connectivity index (χ0n) is 39.1. The van der Waals surface area contributed by atoms with Gasteiger partial charge in [0.15, 0.2) is 0 Å². The van der Waals surface area contributed by atoms with Crippen LogP contribution in [-0.2, 0) is 9.53 Å². The predicted molar refractivity (Wildman–Crippen MR) is 253 cm³/mol. The standard InChI is InChI=1S/C25H51NO2.C19H37NO.C6H14O.CH4/c1-4-6-8-9-10-11-12-13-14-15-16-17-18-19-20-21-23-26-25(27)28-24(3)22-7-5-2;1-2-3-4-5-6-7-8-9-10-11-12-13-14-15-16-17-18-20-19-21;1-3-4-5-6(2)7;/h24H,4-23H2,1-3H3,(H,26,27);2-18H2,1H3;6-7H,3-5H2,1-2H3;1H4. The molecule has 0 rings (SSSR count). The Balaban J connectivity index is -0.000000426. The molecule has 0 heterocycles. The molecular formula is C51H106N2O4. The van der Waals surface area contributed by atoms with Crippen molar-refractivity contribution in [3.63, 3.8) is 0 Å². The molecule has 57 heavy (non-hydrogen) atoms. The van der Waals surface area contributed by atoms with Gasteiger partial charge in [-0.2, -0.15) is 0 Å². The molecule has 0 saturated carbocycles. The number of rotatable bonds is 41. The summed E-state index contributed by atoms with van der Waals surface area (Å²) in [7, 11) is 0. The third-order valence-corrected chi connectivity index (χ3v) is 10.7.